The fourth-order valence-corrected chi connectivity index (χ4v) is 1.64. The zero-order chi connectivity index (χ0) is 13.7. The van der Waals surface area contributed by atoms with Gasteiger partial charge in [0, 0.05) is 24.6 Å². The average molecular weight is 256 g/mol. The summed E-state index contributed by atoms with van der Waals surface area (Å²) in [5.41, 5.74) is 2.05. The first-order valence-corrected chi connectivity index (χ1v) is 6.13. The highest BCUT2D eigenvalue weighted by Crippen LogP contribution is 2.13. The monoisotopic (exact) mass is 256 g/mol. The second kappa shape index (κ2) is 5.95. The van der Waals surface area contributed by atoms with E-state index in [-0.39, 0.29) is 5.91 Å². The highest BCUT2D eigenvalue weighted by atomic mass is 16.1. The van der Waals surface area contributed by atoms with Gasteiger partial charge < -0.3 is 10.6 Å². The Morgan fingerprint density at radius 3 is 2.89 bits per heavy atom. The third kappa shape index (κ3) is 3.28. The van der Waals surface area contributed by atoms with Gasteiger partial charge in [0.25, 0.3) is 5.91 Å². The Bertz CT molecular complexity index is 583. The van der Waals surface area contributed by atoms with Crippen LogP contribution in [0.5, 0.6) is 0 Å². The molecule has 2 heterocycles. The summed E-state index contributed by atoms with van der Waals surface area (Å²) in [4.78, 5) is 20.3. The van der Waals surface area contributed by atoms with E-state index >= 15 is 0 Å². The van der Waals surface area contributed by atoms with Gasteiger partial charge >= 0.3 is 0 Å². The molecule has 0 bridgehead atoms. The average Bonchev–Trinajstić information content (AvgIpc) is 2.42. The molecule has 0 atom stereocenters. The molecule has 0 aromatic carbocycles. The number of aromatic nitrogens is 2. The molecule has 0 spiro atoms. The van der Waals surface area contributed by atoms with Crippen LogP contribution in [0.1, 0.15) is 23.0 Å². The van der Waals surface area contributed by atoms with E-state index in [0.29, 0.717) is 11.5 Å². The molecule has 0 saturated carbocycles. The van der Waals surface area contributed by atoms with E-state index in [0.717, 1.165) is 17.8 Å². The second-order valence-corrected chi connectivity index (χ2v) is 4.08. The summed E-state index contributed by atoms with van der Waals surface area (Å²) in [5, 5.41) is 5.90. The van der Waals surface area contributed by atoms with Crippen molar-refractivity contribution in [2.45, 2.75) is 13.8 Å². The Hall–Kier alpha value is -2.43. The molecule has 5 heteroatoms. The van der Waals surface area contributed by atoms with E-state index in [2.05, 4.69) is 20.6 Å². The van der Waals surface area contributed by atoms with Crippen molar-refractivity contribution in [2.75, 3.05) is 17.2 Å². The zero-order valence-corrected chi connectivity index (χ0v) is 11.0. The minimum absolute atomic E-state index is 0.228. The fourth-order valence-electron chi connectivity index (χ4n) is 1.64. The van der Waals surface area contributed by atoms with Gasteiger partial charge in [-0.2, -0.15) is 0 Å². The number of amides is 1. The largest absolute Gasteiger partial charge is 0.370 e. The lowest BCUT2D eigenvalue weighted by molar-refractivity contribution is 0.102. The molecule has 0 fully saturated rings. The zero-order valence-electron chi connectivity index (χ0n) is 11.0. The number of nitrogens with zero attached hydrogens (tertiary/aromatic N) is 2. The molecule has 0 unspecified atom stereocenters. The lowest BCUT2D eigenvalue weighted by Crippen LogP contribution is -2.15. The van der Waals surface area contributed by atoms with Gasteiger partial charge in [0.05, 0.1) is 0 Å². The summed E-state index contributed by atoms with van der Waals surface area (Å²) in [5.74, 6) is 0.468. The molecule has 2 N–H and O–H groups in total. The van der Waals surface area contributed by atoms with Crippen LogP contribution in [0.15, 0.2) is 36.7 Å². The number of anilines is 2. The molecule has 0 aliphatic rings. The Balaban J connectivity index is 2.16. The quantitative estimate of drug-likeness (QED) is 0.881. The van der Waals surface area contributed by atoms with Gasteiger partial charge in [-0.25, -0.2) is 4.98 Å². The minimum Gasteiger partial charge on any atom is -0.370 e. The van der Waals surface area contributed by atoms with Gasteiger partial charge in [-0.15, -0.1) is 0 Å². The Labute approximate surface area is 112 Å². The maximum atomic E-state index is 12.1. The molecule has 0 radical (unpaired) electrons. The SMILES string of the molecule is CCNc1cccc(C(=O)Nc2ccncc2C)n1. The molecule has 19 heavy (non-hydrogen) atoms. The lowest BCUT2D eigenvalue weighted by atomic mass is 10.2. The van der Waals surface area contributed by atoms with Crippen molar-refractivity contribution in [2.24, 2.45) is 0 Å². The summed E-state index contributed by atoms with van der Waals surface area (Å²) in [6, 6.07) is 7.09. The van der Waals surface area contributed by atoms with E-state index in [4.69, 9.17) is 0 Å². The Morgan fingerprint density at radius 1 is 1.32 bits per heavy atom. The number of nitrogens with one attached hydrogen (secondary N) is 2. The summed E-state index contributed by atoms with van der Waals surface area (Å²) in [6.45, 7) is 4.64. The number of hydrogen-bond donors (Lipinski definition) is 2. The van der Waals surface area contributed by atoms with Crippen LogP contribution in [0.3, 0.4) is 0 Å². The van der Waals surface area contributed by atoms with E-state index in [9.17, 15) is 4.79 Å². The minimum atomic E-state index is -0.228. The predicted molar refractivity (Wildman–Crippen MR) is 75.3 cm³/mol. The van der Waals surface area contributed by atoms with Gasteiger partial charge in [0.2, 0.25) is 0 Å². The smallest absolute Gasteiger partial charge is 0.274 e. The van der Waals surface area contributed by atoms with Crippen molar-refractivity contribution in [1.29, 1.82) is 0 Å². The summed E-state index contributed by atoms with van der Waals surface area (Å²) < 4.78 is 0. The van der Waals surface area contributed by atoms with Crippen molar-refractivity contribution < 1.29 is 4.79 Å². The van der Waals surface area contributed by atoms with Crippen LogP contribution >= 0.6 is 0 Å². The fraction of sp³-hybridized carbons (Fsp3) is 0.214. The first-order valence-electron chi connectivity index (χ1n) is 6.13. The number of carbonyl (C=O) groups excluding carboxylic acids is 1. The highest BCUT2D eigenvalue weighted by molar-refractivity contribution is 6.03. The third-order valence-corrected chi connectivity index (χ3v) is 2.61. The topological polar surface area (TPSA) is 66.9 Å². The van der Waals surface area contributed by atoms with Crippen molar-refractivity contribution in [1.82, 2.24) is 9.97 Å². The number of carbonyl (C=O) groups is 1. The van der Waals surface area contributed by atoms with Crippen LogP contribution in [0, 0.1) is 6.92 Å². The molecular formula is C14H16N4O. The maximum absolute atomic E-state index is 12.1. The van der Waals surface area contributed by atoms with Gasteiger partial charge in [-0.3, -0.25) is 9.78 Å². The highest BCUT2D eigenvalue weighted by Gasteiger charge is 2.09. The Kier molecular flexibility index (Phi) is 4.07. The van der Waals surface area contributed by atoms with Crippen molar-refractivity contribution in [3.63, 3.8) is 0 Å². The van der Waals surface area contributed by atoms with E-state index in [1.807, 2.05) is 19.9 Å². The normalized spacial score (nSPS) is 10.0. The Morgan fingerprint density at radius 2 is 2.16 bits per heavy atom. The number of hydrogen-bond acceptors (Lipinski definition) is 4. The standard InChI is InChI=1S/C14H16N4O/c1-3-16-13-6-4-5-12(17-13)14(19)18-11-7-8-15-9-10(11)2/h4-9H,3H2,1-2H3,(H,16,17)(H,15,18,19). The van der Waals surface area contributed by atoms with E-state index in [1.165, 1.54) is 0 Å². The maximum Gasteiger partial charge on any atom is 0.274 e. The number of pyridine rings is 2. The van der Waals surface area contributed by atoms with Gasteiger partial charge in [0.1, 0.15) is 11.5 Å². The van der Waals surface area contributed by atoms with Gasteiger partial charge in [0.15, 0.2) is 0 Å². The first kappa shape index (κ1) is 13.0. The molecule has 0 aliphatic carbocycles. The van der Waals surface area contributed by atoms with Crippen LogP contribution in [0.25, 0.3) is 0 Å². The van der Waals surface area contributed by atoms with E-state index < -0.39 is 0 Å². The molecule has 2 aromatic rings. The molecular weight excluding hydrogens is 240 g/mol. The van der Waals surface area contributed by atoms with Crippen LogP contribution < -0.4 is 10.6 Å². The molecule has 98 valence electrons. The van der Waals surface area contributed by atoms with Crippen LogP contribution in [0.4, 0.5) is 11.5 Å². The van der Waals surface area contributed by atoms with Gasteiger partial charge in [-0.05, 0) is 37.6 Å². The predicted octanol–water partition coefficient (Wildman–Crippen LogP) is 2.47. The molecule has 0 aliphatic heterocycles. The summed E-state index contributed by atoms with van der Waals surface area (Å²) in [6.07, 6.45) is 3.35. The van der Waals surface area contributed by atoms with Crippen molar-refractivity contribution >= 4 is 17.4 Å². The molecule has 5 nitrogen and oxygen atoms in total. The molecule has 0 saturated heterocycles. The molecule has 2 rings (SSSR count). The number of aryl methyl sites for hydroxylation is 1. The van der Waals surface area contributed by atoms with Crippen LogP contribution in [0.2, 0.25) is 0 Å². The van der Waals surface area contributed by atoms with Gasteiger partial charge in [-0.1, -0.05) is 6.07 Å². The van der Waals surface area contributed by atoms with Crippen LogP contribution in [-0.4, -0.2) is 22.4 Å². The number of rotatable bonds is 4. The van der Waals surface area contributed by atoms with Crippen molar-refractivity contribution in [3.05, 3.63) is 47.9 Å². The van der Waals surface area contributed by atoms with Crippen LogP contribution in [-0.2, 0) is 0 Å². The second-order valence-electron chi connectivity index (χ2n) is 4.08. The van der Waals surface area contributed by atoms with Crippen molar-refractivity contribution in [3.8, 4) is 0 Å². The third-order valence-electron chi connectivity index (χ3n) is 2.61. The molecule has 2 aromatic heterocycles. The molecule has 1 amide bonds. The van der Waals surface area contributed by atoms with E-state index in [1.54, 1.807) is 30.6 Å². The summed E-state index contributed by atoms with van der Waals surface area (Å²) >= 11 is 0. The summed E-state index contributed by atoms with van der Waals surface area (Å²) in [7, 11) is 0. The first-order chi connectivity index (χ1) is 9.20. The lowest BCUT2D eigenvalue weighted by Gasteiger charge is -2.08.